The van der Waals surface area contributed by atoms with Crippen LogP contribution >= 0.6 is 0 Å². The molecule has 12 atom stereocenters. The molecule has 5 nitrogen and oxygen atoms in total. The first-order valence-corrected chi connectivity index (χ1v) is 18.2. The van der Waals surface area contributed by atoms with E-state index in [9.17, 15) is 9.90 Å². The summed E-state index contributed by atoms with van der Waals surface area (Å²) >= 11 is 0. The average Bonchev–Trinajstić information content (AvgIpc) is 3.34. The number of hydrogen-bond donors (Lipinski definition) is 2. The maximum Gasteiger partial charge on any atom is 0.220 e. The van der Waals surface area contributed by atoms with Crippen molar-refractivity contribution in [3.05, 3.63) is 47.5 Å². The first-order valence-electron chi connectivity index (χ1n) is 18.2. The van der Waals surface area contributed by atoms with Crippen LogP contribution in [-0.2, 0) is 16.0 Å². The molecule has 5 aliphatic carbocycles. The second-order valence-corrected chi connectivity index (χ2v) is 17.0. The molecule has 7 aliphatic rings. The molecule has 2 aliphatic heterocycles. The zero-order chi connectivity index (χ0) is 30.5. The fourth-order valence-corrected chi connectivity index (χ4v) is 13.1. The van der Waals surface area contributed by atoms with Gasteiger partial charge in [-0.25, -0.2) is 0 Å². The van der Waals surface area contributed by atoms with E-state index in [1.165, 1.54) is 56.9 Å². The number of benzene rings is 1. The van der Waals surface area contributed by atoms with Gasteiger partial charge in [0.05, 0.1) is 17.8 Å². The number of aryl methyl sites for hydroxylation is 1. The van der Waals surface area contributed by atoms with Crippen LogP contribution in [0.4, 0.5) is 0 Å². The monoisotopic (exact) mass is 600 g/mol. The lowest BCUT2D eigenvalue weighted by Gasteiger charge is -2.50. The van der Waals surface area contributed by atoms with Crippen molar-refractivity contribution in [3.8, 4) is 0 Å². The van der Waals surface area contributed by atoms with Gasteiger partial charge in [0.15, 0.2) is 0 Å². The first kappa shape index (κ1) is 29.7. The quantitative estimate of drug-likeness (QED) is 0.364. The van der Waals surface area contributed by atoms with E-state index >= 15 is 0 Å². The highest BCUT2D eigenvalue weighted by molar-refractivity contribution is 5.76. The maximum atomic E-state index is 12.7. The zero-order valence-electron chi connectivity index (χ0n) is 27.7. The van der Waals surface area contributed by atoms with Gasteiger partial charge in [0, 0.05) is 43.4 Å². The Labute approximate surface area is 265 Å². The van der Waals surface area contributed by atoms with Crippen molar-refractivity contribution in [2.24, 2.45) is 45.8 Å². The zero-order valence-corrected chi connectivity index (χ0v) is 27.7. The summed E-state index contributed by atoms with van der Waals surface area (Å²) in [6, 6.07) is 10.8. The van der Waals surface area contributed by atoms with Crippen LogP contribution in [0.25, 0.3) is 0 Å². The van der Waals surface area contributed by atoms with Gasteiger partial charge in [0.25, 0.3) is 0 Å². The van der Waals surface area contributed by atoms with E-state index in [0.29, 0.717) is 41.2 Å². The summed E-state index contributed by atoms with van der Waals surface area (Å²) in [7, 11) is 0. The van der Waals surface area contributed by atoms with E-state index in [1.54, 1.807) is 5.57 Å². The molecule has 0 radical (unpaired) electrons. The minimum absolute atomic E-state index is 0.0180. The molecule has 8 rings (SSSR count). The van der Waals surface area contributed by atoms with Gasteiger partial charge in [-0.2, -0.15) is 0 Å². The van der Waals surface area contributed by atoms with Crippen LogP contribution in [0.2, 0.25) is 0 Å². The van der Waals surface area contributed by atoms with Gasteiger partial charge in [-0.1, -0.05) is 69.7 Å². The maximum absolute atomic E-state index is 12.7. The van der Waals surface area contributed by atoms with Gasteiger partial charge in [-0.05, 0) is 104 Å². The molecular formula is C39H56N2O3. The SMILES string of the molecule is C[C@H]1C[C@H]2O[C@]3(CC[C@H]4[C@@H]5CCC6=C[C@@H](O)CC[C@]6(C)[C@H]5CC45CC53C)[C@H](C)[C@@H]2N(CCNC(=O)CCc2ccccc2)C1. The highest BCUT2D eigenvalue weighted by Gasteiger charge is 2.84. The number of nitrogens with one attached hydrogen (secondary N) is 1. The number of hydrogen-bond acceptors (Lipinski definition) is 4. The predicted octanol–water partition coefficient (Wildman–Crippen LogP) is 6.54. The Balaban J connectivity index is 0.971. The molecular weight excluding hydrogens is 544 g/mol. The molecule has 6 fully saturated rings. The summed E-state index contributed by atoms with van der Waals surface area (Å²) in [4.78, 5) is 15.4. The Morgan fingerprint density at radius 2 is 1.91 bits per heavy atom. The largest absolute Gasteiger partial charge is 0.389 e. The van der Waals surface area contributed by atoms with Crippen LogP contribution < -0.4 is 5.32 Å². The van der Waals surface area contributed by atoms with Crippen molar-refractivity contribution in [3.63, 3.8) is 0 Å². The van der Waals surface area contributed by atoms with Crippen LogP contribution in [0.5, 0.6) is 0 Å². The van der Waals surface area contributed by atoms with E-state index in [2.05, 4.69) is 56.1 Å². The summed E-state index contributed by atoms with van der Waals surface area (Å²) in [5.41, 5.74) is 3.79. The summed E-state index contributed by atoms with van der Waals surface area (Å²) < 4.78 is 7.51. The molecule has 0 aromatic heterocycles. The molecule has 1 aromatic rings. The van der Waals surface area contributed by atoms with E-state index in [1.807, 2.05) is 18.2 Å². The molecule has 1 aromatic carbocycles. The fraction of sp³-hybridized carbons (Fsp3) is 0.769. The van der Waals surface area contributed by atoms with Crippen molar-refractivity contribution in [1.82, 2.24) is 10.2 Å². The standard InChI is InChI=1S/C39H56N2O3/c1-25-20-33-35(41(23-25)19-18-40-34(43)13-10-27-8-6-5-7-9-27)26(2)39(44-33)17-15-31-30-12-11-28-21-29(42)14-16-36(28,3)32(30)22-38(31)24-37(38,39)4/h5-9,21,25-26,29-33,35,42H,10-20,22-24H2,1-4H3,(H,40,43)/t25-,26+,29-,30-,31-,32-,33+,35-,36-,37?,38?,39+/m0/s1. The molecule has 2 saturated heterocycles. The molecule has 1 amide bonds. The van der Waals surface area contributed by atoms with Gasteiger partial charge in [-0.3, -0.25) is 9.69 Å². The minimum atomic E-state index is -0.227. The van der Waals surface area contributed by atoms with Crippen molar-refractivity contribution in [2.75, 3.05) is 19.6 Å². The minimum Gasteiger partial charge on any atom is -0.389 e. The third-order valence-electron chi connectivity index (χ3n) is 15.2. The molecule has 2 spiro atoms. The number of rotatable bonds is 6. The Hall–Kier alpha value is -1.69. The summed E-state index contributed by atoms with van der Waals surface area (Å²) in [5, 5.41) is 13.7. The number of fused-ring (bicyclic) bond motifs is 6. The predicted molar refractivity (Wildman–Crippen MR) is 174 cm³/mol. The van der Waals surface area contributed by atoms with Gasteiger partial charge < -0.3 is 15.2 Å². The highest BCUT2D eigenvalue weighted by atomic mass is 16.5. The smallest absolute Gasteiger partial charge is 0.220 e. The van der Waals surface area contributed by atoms with Gasteiger partial charge in [0.1, 0.15) is 0 Å². The molecule has 2 unspecified atom stereocenters. The summed E-state index contributed by atoms with van der Waals surface area (Å²) in [5.74, 6) is 3.78. The Morgan fingerprint density at radius 3 is 2.73 bits per heavy atom. The first-order chi connectivity index (χ1) is 21.1. The van der Waals surface area contributed by atoms with Crippen molar-refractivity contribution in [1.29, 1.82) is 0 Å². The molecule has 4 saturated carbocycles. The Morgan fingerprint density at radius 1 is 1.09 bits per heavy atom. The number of piperidine rings is 1. The van der Waals surface area contributed by atoms with Crippen molar-refractivity contribution in [2.45, 2.75) is 122 Å². The number of aliphatic hydroxyl groups is 1. The van der Waals surface area contributed by atoms with Crippen LogP contribution in [0.3, 0.4) is 0 Å². The topological polar surface area (TPSA) is 61.8 Å². The molecule has 44 heavy (non-hydrogen) atoms. The lowest BCUT2D eigenvalue weighted by Crippen LogP contribution is -2.55. The number of carbonyl (C=O) groups excluding carboxylic acids is 1. The number of nitrogens with zero attached hydrogens (tertiary/aromatic N) is 1. The normalized spacial score (nSPS) is 48.9. The molecule has 0 bridgehead atoms. The van der Waals surface area contributed by atoms with Crippen LogP contribution in [0.15, 0.2) is 42.0 Å². The van der Waals surface area contributed by atoms with E-state index in [0.717, 1.165) is 50.2 Å². The Bertz CT molecular complexity index is 1310. The number of likely N-dealkylation sites (tertiary alicyclic amines) is 1. The number of ether oxygens (including phenoxy) is 1. The highest BCUT2D eigenvalue weighted by Crippen LogP contribution is 2.87. The summed E-state index contributed by atoms with van der Waals surface area (Å²) in [6.07, 6.45) is 14.8. The van der Waals surface area contributed by atoms with Crippen LogP contribution in [0, 0.1) is 45.8 Å². The number of carbonyl (C=O) groups is 1. The second kappa shape index (κ2) is 10.4. The van der Waals surface area contributed by atoms with Gasteiger partial charge in [-0.15, -0.1) is 0 Å². The number of amides is 1. The molecule has 5 heteroatoms. The average molecular weight is 601 g/mol. The second-order valence-electron chi connectivity index (χ2n) is 17.0. The van der Waals surface area contributed by atoms with Gasteiger partial charge in [0.2, 0.25) is 5.91 Å². The third-order valence-corrected chi connectivity index (χ3v) is 15.2. The summed E-state index contributed by atoms with van der Waals surface area (Å²) in [6.45, 7) is 12.9. The Kier molecular flexibility index (Phi) is 7.02. The van der Waals surface area contributed by atoms with Crippen LogP contribution in [-0.4, -0.2) is 59.4 Å². The van der Waals surface area contributed by atoms with E-state index in [-0.39, 0.29) is 23.0 Å². The lowest BCUT2D eigenvalue weighted by atomic mass is 9.56. The number of allylic oxidation sites excluding steroid dienone is 1. The fourth-order valence-electron chi connectivity index (χ4n) is 13.1. The van der Waals surface area contributed by atoms with Crippen molar-refractivity contribution < 1.29 is 14.6 Å². The van der Waals surface area contributed by atoms with Crippen molar-refractivity contribution >= 4 is 5.91 Å². The van der Waals surface area contributed by atoms with E-state index in [4.69, 9.17) is 4.74 Å². The lowest BCUT2D eigenvalue weighted by molar-refractivity contribution is -0.148. The molecule has 2 heterocycles. The molecule has 240 valence electrons. The van der Waals surface area contributed by atoms with Gasteiger partial charge >= 0.3 is 0 Å². The molecule has 2 N–H and O–H groups in total. The number of aliphatic hydroxyl groups excluding tert-OH is 1. The third kappa shape index (κ3) is 4.16. The van der Waals surface area contributed by atoms with Crippen LogP contribution in [0.1, 0.15) is 97.5 Å². The van der Waals surface area contributed by atoms with E-state index < -0.39 is 0 Å².